The lowest BCUT2D eigenvalue weighted by Gasteiger charge is -2.43. The predicted octanol–water partition coefficient (Wildman–Crippen LogP) is -0.813. The number of carbonyl (C=O) groups is 1. The number of ether oxygens (including phenoxy) is 6. The molecule has 256 valence electrons. The van der Waals surface area contributed by atoms with E-state index in [-0.39, 0.29) is 22.7 Å². The van der Waals surface area contributed by atoms with Gasteiger partial charge < -0.3 is 73.7 Å². The molecule has 1 aromatic heterocycles. The summed E-state index contributed by atoms with van der Waals surface area (Å²) < 4.78 is 38.6. The van der Waals surface area contributed by atoms with Crippen molar-refractivity contribution in [1.82, 2.24) is 0 Å². The van der Waals surface area contributed by atoms with Crippen molar-refractivity contribution in [2.75, 3.05) is 13.7 Å². The van der Waals surface area contributed by atoms with Gasteiger partial charge in [0.1, 0.15) is 53.3 Å². The molecule has 0 aliphatic carbocycles. The van der Waals surface area contributed by atoms with Crippen molar-refractivity contribution in [3.63, 3.8) is 0 Å². The average molecular weight is 667 g/mol. The Hall–Kier alpha value is -4.20. The molecule has 2 aromatic carbocycles. The van der Waals surface area contributed by atoms with Crippen molar-refractivity contribution in [2.45, 2.75) is 75.3 Å². The van der Waals surface area contributed by atoms with E-state index >= 15 is 0 Å². The Morgan fingerprint density at radius 3 is 2.19 bits per heavy atom. The van der Waals surface area contributed by atoms with Gasteiger partial charge >= 0.3 is 5.97 Å². The zero-order valence-corrected chi connectivity index (χ0v) is 25.1. The van der Waals surface area contributed by atoms with Crippen molar-refractivity contribution in [1.29, 1.82) is 0 Å². The molecule has 47 heavy (non-hydrogen) atoms. The van der Waals surface area contributed by atoms with Crippen LogP contribution in [-0.2, 0) is 23.7 Å². The fourth-order valence-corrected chi connectivity index (χ4v) is 5.31. The third kappa shape index (κ3) is 6.52. The van der Waals surface area contributed by atoms with Gasteiger partial charge in [0.15, 0.2) is 29.7 Å². The second kappa shape index (κ2) is 13.5. The molecule has 5 rings (SSSR count). The fourth-order valence-electron chi connectivity index (χ4n) is 5.31. The molecule has 8 N–H and O–H groups in total. The van der Waals surface area contributed by atoms with Gasteiger partial charge in [0, 0.05) is 18.6 Å². The summed E-state index contributed by atoms with van der Waals surface area (Å²) in [6, 6.07) is 6.30. The Kier molecular flexibility index (Phi) is 9.81. The van der Waals surface area contributed by atoms with Crippen molar-refractivity contribution < 1.29 is 78.5 Å². The number of benzene rings is 2. The maximum absolute atomic E-state index is 13.8. The number of aromatic hydroxyl groups is 3. The van der Waals surface area contributed by atoms with Gasteiger partial charge in [-0.15, -0.1) is 0 Å². The minimum Gasteiger partial charge on any atom is -0.508 e. The molecule has 0 spiro atoms. The molecule has 2 saturated heterocycles. The molecule has 3 heterocycles. The number of phenols is 3. The molecule has 17 nitrogen and oxygen atoms in total. The monoisotopic (exact) mass is 666 g/mol. The number of aliphatic hydroxyl groups is 5. The van der Waals surface area contributed by atoms with E-state index < -0.39 is 108 Å². The van der Waals surface area contributed by atoms with Crippen LogP contribution >= 0.6 is 0 Å². The molecule has 2 fully saturated rings. The zero-order chi connectivity index (χ0) is 34.3. The third-order valence-electron chi connectivity index (χ3n) is 7.80. The predicted molar refractivity (Wildman–Crippen MR) is 155 cm³/mol. The zero-order valence-electron chi connectivity index (χ0n) is 25.1. The molecule has 2 aliphatic rings. The molecule has 0 amide bonds. The van der Waals surface area contributed by atoms with Crippen LogP contribution in [0.15, 0.2) is 39.5 Å². The van der Waals surface area contributed by atoms with Crippen molar-refractivity contribution in [3.05, 3.63) is 40.6 Å². The van der Waals surface area contributed by atoms with Gasteiger partial charge in [-0.3, -0.25) is 9.59 Å². The van der Waals surface area contributed by atoms with Crippen molar-refractivity contribution >= 4 is 16.9 Å². The van der Waals surface area contributed by atoms with Crippen LogP contribution in [0.1, 0.15) is 13.8 Å². The molecule has 17 heteroatoms. The number of hydrogen-bond acceptors (Lipinski definition) is 17. The average Bonchev–Trinajstić information content (AvgIpc) is 3.02. The van der Waals surface area contributed by atoms with Crippen LogP contribution in [0.2, 0.25) is 0 Å². The first-order valence-electron chi connectivity index (χ1n) is 14.3. The lowest BCUT2D eigenvalue weighted by Crippen LogP contribution is -2.62. The number of aliphatic hydroxyl groups excluding tert-OH is 5. The van der Waals surface area contributed by atoms with E-state index in [9.17, 15) is 50.4 Å². The van der Waals surface area contributed by atoms with Crippen LogP contribution < -0.4 is 14.9 Å². The molecule has 10 atom stereocenters. The number of fused-ring (bicyclic) bond motifs is 1. The second-order valence-electron chi connectivity index (χ2n) is 11.0. The largest absolute Gasteiger partial charge is 0.508 e. The Labute approximate surface area is 265 Å². The van der Waals surface area contributed by atoms with Crippen LogP contribution in [0.5, 0.6) is 28.7 Å². The number of carbonyl (C=O) groups excluding carboxylic acids is 1. The highest BCUT2D eigenvalue weighted by Crippen LogP contribution is 2.44. The molecule has 0 radical (unpaired) electrons. The van der Waals surface area contributed by atoms with Crippen LogP contribution in [0.3, 0.4) is 0 Å². The van der Waals surface area contributed by atoms with Crippen LogP contribution in [0.25, 0.3) is 22.3 Å². The van der Waals surface area contributed by atoms with E-state index in [2.05, 4.69) is 0 Å². The fraction of sp³-hybridized carbons (Fsp3) is 0.467. The van der Waals surface area contributed by atoms with Gasteiger partial charge in [-0.25, -0.2) is 0 Å². The normalized spacial score (nSPS) is 31.0. The SMILES string of the molecule is COc1c(O)cc2oc(-c3ccc(O)cc3)c(O[C@@H]3O[C@H](CO[C@@H]4O[C@@H](C)[C@H](O)[C@@H](O)[C@H]4OC(C)=O)[C@@H](O)[C@H](O)[C@H]3O)c(=O)c2c1O. The van der Waals surface area contributed by atoms with Crippen molar-refractivity contribution in [2.24, 2.45) is 0 Å². The van der Waals surface area contributed by atoms with Gasteiger partial charge in [-0.1, -0.05) is 0 Å². The molecule has 2 aliphatic heterocycles. The summed E-state index contributed by atoms with van der Waals surface area (Å²) in [6.45, 7) is 1.88. The van der Waals surface area contributed by atoms with Gasteiger partial charge in [0.2, 0.25) is 23.2 Å². The van der Waals surface area contributed by atoms with Crippen LogP contribution in [0, 0.1) is 0 Å². The minimum absolute atomic E-state index is 0.125. The molecule has 0 saturated carbocycles. The number of esters is 1. The Balaban J connectivity index is 1.48. The van der Waals surface area contributed by atoms with E-state index in [0.717, 1.165) is 20.1 Å². The summed E-state index contributed by atoms with van der Waals surface area (Å²) in [6.07, 6.45) is -16.0. The molecule has 3 aromatic rings. The molecular weight excluding hydrogens is 632 g/mol. The summed E-state index contributed by atoms with van der Waals surface area (Å²) in [5.41, 5.74) is -1.14. The summed E-state index contributed by atoms with van der Waals surface area (Å²) in [7, 11) is 1.14. The van der Waals surface area contributed by atoms with Crippen LogP contribution in [0.4, 0.5) is 0 Å². The van der Waals surface area contributed by atoms with Gasteiger partial charge in [0.05, 0.1) is 19.8 Å². The standard InChI is InChI=1S/C30H34O17/c1-10-18(34)23(39)28(44-11(2)31)30(43-10)42-9-16-19(35)22(38)24(40)29(46-16)47-27-21(37)17-15(8-14(33)26(41-3)20(17)36)45-25(27)12-4-6-13(32)7-5-12/h4-8,10,16,18-19,22-24,28-30,32-36,38-40H,9H2,1-3H3/t10-,16+,18-,19+,22-,23+,24+,28+,29-,30+/m0/s1. The Morgan fingerprint density at radius 1 is 0.872 bits per heavy atom. The molecular formula is C30H34O17. The number of hydrogen-bond donors (Lipinski definition) is 8. The van der Waals surface area contributed by atoms with E-state index in [1.54, 1.807) is 0 Å². The van der Waals surface area contributed by atoms with Crippen molar-refractivity contribution in [3.8, 4) is 40.1 Å². The van der Waals surface area contributed by atoms with E-state index in [4.69, 9.17) is 32.8 Å². The third-order valence-corrected chi connectivity index (χ3v) is 7.80. The lowest BCUT2D eigenvalue weighted by atomic mass is 9.98. The highest BCUT2D eigenvalue weighted by molar-refractivity contribution is 5.91. The summed E-state index contributed by atoms with van der Waals surface area (Å²) in [4.78, 5) is 25.5. The first kappa shape index (κ1) is 34.1. The Morgan fingerprint density at radius 2 is 1.55 bits per heavy atom. The molecule has 0 unspecified atom stereocenters. The first-order valence-corrected chi connectivity index (χ1v) is 14.3. The van der Waals surface area contributed by atoms with Gasteiger partial charge in [0.25, 0.3) is 0 Å². The number of rotatable bonds is 8. The highest BCUT2D eigenvalue weighted by atomic mass is 16.7. The molecule has 0 bridgehead atoms. The van der Waals surface area contributed by atoms with E-state index in [1.165, 1.54) is 31.2 Å². The van der Waals surface area contributed by atoms with Gasteiger partial charge in [-0.2, -0.15) is 0 Å². The summed E-state index contributed by atoms with van der Waals surface area (Å²) >= 11 is 0. The number of phenolic OH excluding ortho intramolecular Hbond substituents is 3. The second-order valence-corrected chi connectivity index (χ2v) is 11.0. The topological polar surface area (TPSA) is 264 Å². The first-order chi connectivity index (χ1) is 22.2. The quantitative estimate of drug-likeness (QED) is 0.137. The summed E-state index contributed by atoms with van der Waals surface area (Å²) in [5, 5.41) is 83.1. The highest BCUT2D eigenvalue weighted by Gasteiger charge is 2.49. The summed E-state index contributed by atoms with van der Waals surface area (Å²) in [5.74, 6) is -3.66. The van der Waals surface area contributed by atoms with Crippen LogP contribution in [-0.4, -0.2) is 122 Å². The maximum atomic E-state index is 13.8. The van der Waals surface area contributed by atoms with E-state index in [0.29, 0.717) is 0 Å². The smallest absolute Gasteiger partial charge is 0.303 e. The maximum Gasteiger partial charge on any atom is 0.303 e. The van der Waals surface area contributed by atoms with E-state index in [1.807, 2.05) is 0 Å². The minimum atomic E-state index is -1.97. The lowest BCUT2D eigenvalue weighted by molar-refractivity contribution is -0.320. The van der Waals surface area contributed by atoms with Gasteiger partial charge in [-0.05, 0) is 31.2 Å². The Bertz CT molecular complexity index is 1660. The number of methoxy groups -OCH3 is 1.